The Morgan fingerprint density at radius 2 is 2.12 bits per heavy atom. The van der Waals surface area contributed by atoms with Gasteiger partial charge in [-0.1, -0.05) is 23.7 Å². The molecule has 3 aromatic heterocycles. The number of imidazole rings is 1. The highest BCUT2D eigenvalue weighted by Gasteiger charge is 2.23. The van der Waals surface area contributed by atoms with Gasteiger partial charge >= 0.3 is 0 Å². The van der Waals surface area contributed by atoms with Crippen LogP contribution in [-0.2, 0) is 4.74 Å². The molecular formula is C24H24ClN5O2. The molecule has 0 radical (unpaired) electrons. The first-order valence-electron chi connectivity index (χ1n) is 10.8. The van der Waals surface area contributed by atoms with Crippen molar-refractivity contribution in [2.45, 2.75) is 32.2 Å². The quantitative estimate of drug-likeness (QED) is 0.412. The molecule has 5 rings (SSSR count). The Labute approximate surface area is 190 Å². The van der Waals surface area contributed by atoms with Crippen LogP contribution < -0.4 is 5.32 Å². The van der Waals surface area contributed by atoms with Crippen LogP contribution in [-0.4, -0.2) is 38.6 Å². The van der Waals surface area contributed by atoms with Gasteiger partial charge in [-0.05, 0) is 49.3 Å². The summed E-state index contributed by atoms with van der Waals surface area (Å²) in [5.74, 6) is 0.351. The average Bonchev–Trinajstić information content (AvgIpc) is 3.29. The minimum atomic E-state index is -0.157. The second-order valence-corrected chi connectivity index (χ2v) is 8.63. The van der Waals surface area contributed by atoms with Crippen LogP contribution in [0, 0.1) is 5.92 Å². The summed E-state index contributed by atoms with van der Waals surface area (Å²) in [5, 5.41) is 9.90. The molecule has 1 aromatic carbocycles. The third kappa shape index (κ3) is 4.06. The van der Waals surface area contributed by atoms with Crippen LogP contribution in [0.2, 0.25) is 5.02 Å². The predicted octanol–water partition coefficient (Wildman–Crippen LogP) is 5.10. The maximum atomic E-state index is 13.3. The fourth-order valence-corrected chi connectivity index (χ4v) is 4.55. The van der Waals surface area contributed by atoms with Crippen molar-refractivity contribution in [2.75, 3.05) is 18.5 Å². The molecule has 7 nitrogen and oxygen atoms in total. The third-order valence-electron chi connectivity index (χ3n) is 6.02. The molecule has 0 spiro atoms. The zero-order valence-corrected chi connectivity index (χ0v) is 18.5. The number of ketones is 1. The van der Waals surface area contributed by atoms with Gasteiger partial charge in [-0.2, -0.15) is 5.10 Å². The molecule has 1 atom stereocenters. The number of halogens is 1. The summed E-state index contributed by atoms with van der Waals surface area (Å²) < 4.78 is 7.15. The molecule has 4 heterocycles. The number of aromatic nitrogens is 4. The number of benzene rings is 1. The molecule has 164 valence electrons. The number of nitrogens with zero attached hydrogens (tertiary/aromatic N) is 4. The van der Waals surface area contributed by atoms with Crippen molar-refractivity contribution in [1.82, 2.24) is 19.6 Å². The van der Waals surface area contributed by atoms with Crippen LogP contribution in [0.15, 0.2) is 48.9 Å². The average molecular weight is 450 g/mol. The predicted molar refractivity (Wildman–Crippen MR) is 124 cm³/mol. The molecule has 32 heavy (non-hydrogen) atoms. The number of Topliss-reactive ketones (excluding diaryl/α,β-unsaturated/α-hetero) is 1. The molecule has 1 saturated heterocycles. The first-order valence-corrected chi connectivity index (χ1v) is 11.2. The van der Waals surface area contributed by atoms with Gasteiger partial charge in [0.05, 0.1) is 28.6 Å². The minimum absolute atomic E-state index is 0.0311. The van der Waals surface area contributed by atoms with Crippen molar-refractivity contribution in [3.05, 3.63) is 65.3 Å². The second kappa shape index (κ2) is 8.84. The van der Waals surface area contributed by atoms with E-state index in [1.54, 1.807) is 23.1 Å². The fourth-order valence-electron chi connectivity index (χ4n) is 4.28. The first-order chi connectivity index (χ1) is 15.6. The van der Waals surface area contributed by atoms with Gasteiger partial charge in [-0.15, -0.1) is 0 Å². The lowest BCUT2D eigenvalue weighted by molar-refractivity contribution is 0.0600. The molecule has 1 N–H and O–H groups in total. The molecule has 4 aromatic rings. The molecule has 0 unspecified atom stereocenters. The van der Waals surface area contributed by atoms with Crippen molar-refractivity contribution < 1.29 is 9.53 Å². The molecule has 0 aliphatic carbocycles. The fraction of sp³-hybridized carbons (Fsp3) is 0.333. The van der Waals surface area contributed by atoms with Gasteiger partial charge in [0.25, 0.3) is 0 Å². The normalized spacial score (nSPS) is 15.8. The van der Waals surface area contributed by atoms with Crippen LogP contribution in [0.25, 0.3) is 16.4 Å². The Morgan fingerprint density at radius 3 is 2.97 bits per heavy atom. The van der Waals surface area contributed by atoms with Crippen molar-refractivity contribution in [1.29, 1.82) is 0 Å². The zero-order valence-electron chi connectivity index (χ0n) is 17.8. The number of ether oxygens (including phenoxy) is 1. The molecule has 8 heteroatoms. The largest absolute Gasteiger partial charge is 0.381 e. The van der Waals surface area contributed by atoms with Crippen LogP contribution >= 0.6 is 11.6 Å². The lowest BCUT2D eigenvalue weighted by atomic mass is 9.92. The van der Waals surface area contributed by atoms with E-state index in [0.717, 1.165) is 40.6 Å². The van der Waals surface area contributed by atoms with Crippen molar-refractivity contribution in [3.8, 4) is 0 Å². The van der Waals surface area contributed by atoms with E-state index in [1.165, 1.54) is 0 Å². The van der Waals surface area contributed by atoms with E-state index < -0.39 is 0 Å². The van der Waals surface area contributed by atoms with E-state index in [2.05, 4.69) is 15.4 Å². The van der Waals surface area contributed by atoms with Gasteiger partial charge in [0.2, 0.25) is 0 Å². The third-order valence-corrected chi connectivity index (χ3v) is 6.33. The van der Waals surface area contributed by atoms with Crippen molar-refractivity contribution in [2.24, 2.45) is 5.92 Å². The number of fused-ring (bicyclic) bond motifs is 2. The summed E-state index contributed by atoms with van der Waals surface area (Å²) in [5.41, 5.74) is 2.81. The van der Waals surface area contributed by atoms with E-state index in [9.17, 15) is 4.79 Å². The topological polar surface area (TPSA) is 81.4 Å². The van der Waals surface area contributed by atoms with Crippen LogP contribution in [0.4, 0.5) is 5.69 Å². The number of pyridine rings is 1. The zero-order chi connectivity index (χ0) is 22.1. The molecule has 1 aliphatic rings. The van der Waals surface area contributed by atoms with E-state index in [0.29, 0.717) is 36.3 Å². The van der Waals surface area contributed by atoms with Gasteiger partial charge in [0.1, 0.15) is 5.69 Å². The Kier molecular flexibility index (Phi) is 5.76. The molecule has 1 fully saturated rings. The minimum Gasteiger partial charge on any atom is -0.381 e. The maximum Gasteiger partial charge on any atom is 0.182 e. The highest BCUT2D eigenvalue weighted by atomic mass is 35.5. The lowest BCUT2D eigenvalue weighted by Gasteiger charge is -2.22. The summed E-state index contributed by atoms with van der Waals surface area (Å²) in [6, 6.07) is 9.40. The Hall–Kier alpha value is -3.03. The van der Waals surface area contributed by atoms with Gasteiger partial charge < -0.3 is 10.1 Å². The summed E-state index contributed by atoms with van der Waals surface area (Å²) >= 11 is 6.52. The molecule has 0 saturated carbocycles. The Bertz CT molecular complexity index is 1280. The lowest BCUT2D eigenvalue weighted by Crippen LogP contribution is -2.20. The van der Waals surface area contributed by atoms with Crippen LogP contribution in [0.3, 0.4) is 0 Å². The monoisotopic (exact) mass is 449 g/mol. The van der Waals surface area contributed by atoms with Gasteiger partial charge in [0.15, 0.2) is 11.4 Å². The van der Waals surface area contributed by atoms with E-state index in [1.807, 2.05) is 37.3 Å². The van der Waals surface area contributed by atoms with E-state index >= 15 is 0 Å². The number of hydrogen-bond acceptors (Lipinski definition) is 6. The van der Waals surface area contributed by atoms with Gasteiger partial charge in [-0.25, -0.2) is 14.5 Å². The SMILES string of the molecule is C[C@H](Nc1ccnn2ccnc12)c1cc2cccc(Cl)c2c(C(=O)CC2CCOCC2)n1. The number of hydrogen-bond donors (Lipinski definition) is 1. The molecule has 1 aliphatic heterocycles. The van der Waals surface area contributed by atoms with E-state index in [4.69, 9.17) is 21.3 Å². The summed E-state index contributed by atoms with van der Waals surface area (Å²) in [6.45, 7) is 3.44. The summed E-state index contributed by atoms with van der Waals surface area (Å²) in [4.78, 5) is 22.5. The van der Waals surface area contributed by atoms with Crippen molar-refractivity contribution in [3.63, 3.8) is 0 Å². The summed E-state index contributed by atoms with van der Waals surface area (Å²) in [6.07, 6.45) is 7.49. The highest BCUT2D eigenvalue weighted by Crippen LogP contribution is 2.31. The number of carbonyl (C=O) groups is 1. The molecular weight excluding hydrogens is 426 g/mol. The smallest absolute Gasteiger partial charge is 0.182 e. The first kappa shape index (κ1) is 20.8. The Morgan fingerprint density at radius 1 is 1.28 bits per heavy atom. The Balaban J connectivity index is 1.50. The van der Waals surface area contributed by atoms with Crippen molar-refractivity contribution >= 4 is 39.5 Å². The summed E-state index contributed by atoms with van der Waals surface area (Å²) in [7, 11) is 0. The van der Waals surface area contributed by atoms with E-state index in [-0.39, 0.29) is 11.8 Å². The molecule has 0 amide bonds. The maximum absolute atomic E-state index is 13.3. The number of nitrogens with one attached hydrogen (secondary N) is 1. The number of rotatable bonds is 6. The van der Waals surface area contributed by atoms with Gasteiger partial charge in [-0.3, -0.25) is 4.79 Å². The van der Waals surface area contributed by atoms with Crippen LogP contribution in [0.1, 0.15) is 48.4 Å². The number of anilines is 1. The number of carbonyl (C=O) groups excluding carboxylic acids is 1. The van der Waals surface area contributed by atoms with Gasteiger partial charge in [0, 0.05) is 37.4 Å². The highest BCUT2D eigenvalue weighted by molar-refractivity contribution is 6.36. The second-order valence-electron chi connectivity index (χ2n) is 8.22. The standard InChI is InChI=1S/C24H24ClN5O2/c1-15(28-19-5-8-27-30-10-9-26-24(19)30)20-14-17-3-2-4-18(25)22(17)23(29-20)21(31)13-16-6-11-32-12-7-16/h2-5,8-10,14-16,28H,6-7,11-13H2,1H3/t15-/m0/s1. The molecule has 0 bridgehead atoms. The van der Waals surface area contributed by atoms with Crippen LogP contribution in [0.5, 0.6) is 0 Å².